The summed E-state index contributed by atoms with van der Waals surface area (Å²) in [7, 11) is 0. The highest BCUT2D eigenvalue weighted by Crippen LogP contribution is 2.41. The molecule has 0 bridgehead atoms. The molecule has 2 heterocycles. The van der Waals surface area contributed by atoms with Crippen molar-refractivity contribution in [3.8, 4) is 0 Å². The molecule has 17 heavy (non-hydrogen) atoms. The molecule has 1 aliphatic rings. The molecular weight excluding hydrogens is 310 g/mol. The summed E-state index contributed by atoms with van der Waals surface area (Å²) in [6.07, 6.45) is 0.480. The molecule has 0 spiro atoms. The summed E-state index contributed by atoms with van der Waals surface area (Å²) in [6.45, 7) is 1.54. The number of anilines is 1. The first-order chi connectivity index (χ1) is 7.42. The SMILES string of the molecule is Br.C[C@@]1(O)CS[C@@H](n2ccc(N)nc2=O)[C@@H]1O. The Labute approximate surface area is 113 Å². The van der Waals surface area contributed by atoms with Crippen molar-refractivity contribution in [3.63, 3.8) is 0 Å². The van der Waals surface area contributed by atoms with Crippen LogP contribution in [0.2, 0.25) is 0 Å². The molecule has 0 radical (unpaired) electrons. The van der Waals surface area contributed by atoms with E-state index >= 15 is 0 Å². The lowest BCUT2D eigenvalue weighted by Gasteiger charge is -2.23. The maximum Gasteiger partial charge on any atom is 0.350 e. The second kappa shape index (κ2) is 4.97. The summed E-state index contributed by atoms with van der Waals surface area (Å²) in [6, 6.07) is 1.49. The zero-order chi connectivity index (χ0) is 11.9. The van der Waals surface area contributed by atoms with Crippen LogP contribution in [0.5, 0.6) is 0 Å². The lowest BCUT2D eigenvalue weighted by molar-refractivity contribution is -0.0445. The van der Waals surface area contributed by atoms with Gasteiger partial charge in [-0.2, -0.15) is 4.98 Å². The zero-order valence-electron chi connectivity index (χ0n) is 9.11. The Morgan fingerprint density at radius 3 is 2.82 bits per heavy atom. The number of hydrogen-bond acceptors (Lipinski definition) is 6. The lowest BCUT2D eigenvalue weighted by Crippen LogP contribution is -2.41. The van der Waals surface area contributed by atoms with E-state index in [1.807, 2.05) is 0 Å². The Morgan fingerprint density at radius 1 is 1.71 bits per heavy atom. The van der Waals surface area contributed by atoms with Crippen LogP contribution in [0.4, 0.5) is 5.82 Å². The van der Waals surface area contributed by atoms with E-state index in [1.54, 1.807) is 6.92 Å². The molecule has 1 fully saturated rings. The summed E-state index contributed by atoms with van der Waals surface area (Å²) in [5, 5.41) is 19.2. The maximum absolute atomic E-state index is 11.5. The lowest BCUT2D eigenvalue weighted by atomic mass is 10.0. The second-order valence-electron chi connectivity index (χ2n) is 4.05. The van der Waals surface area contributed by atoms with Crippen molar-refractivity contribution >= 4 is 34.6 Å². The van der Waals surface area contributed by atoms with Crippen LogP contribution in [0.3, 0.4) is 0 Å². The first-order valence-electron chi connectivity index (χ1n) is 4.78. The highest BCUT2D eigenvalue weighted by molar-refractivity contribution is 8.93. The summed E-state index contributed by atoms with van der Waals surface area (Å²) < 4.78 is 1.28. The van der Waals surface area contributed by atoms with E-state index < -0.39 is 22.8 Å². The van der Waals surface area contributed by atoms with Crippen LogP contribution >= 0.6 is 28.7 Å². The van der Waals surface area contributed by atoms with Crippen LogP contribution < -0.4 is 11.4 Å². The summed E-state index contributed by atoms with van der Waals surface area (Å²) in [5.41, 5.74) is 3.67. The van der Waals surface area contributed by atoms with Gasteiger partial charge in [-0.1, -0.05) is 0 Å². The first kappa shape index (κ1) is 14.5. The van der Waals surface area contributed by atoms with Gasteiger partial charge in [-0.05, 0) is 13.0 Å². The zero-order valence-corrected chi connectivity index (χ0v) is 11.6. The quantitative estimate of drug-likeness (QED) is 0.659. The standard InChI is InChI=1S/C9H13N3O3S.BrH/c1-9(15)4-16-7(6(9)13)12-3-2-5(10)11-8(12)14;/h2-3,6-7,13,15H,4H2,1H3,(H2,10,11,14);1H/t6-,7+,9+;/m0./s1. The Balaban J connectivity index is 0.00000144. The summed E-state index contributed by atoms with van der Waals surface area (Å²) in [5.74, 6) is 0.515. The van der Waals surface area contributed by atoms with Crippen LogP contribution in [0.1, 0.15) is 12.3 Å². The smallest absolute Gasteiger partial charge is 0.350 e. The topological polar surface area (TPSA) is 101 Å². The van der Waals surface area contributed by atoms with E-state index in [9.17, 15) is 15.0 Å². The number of rotatable bonds is 1. The van der Waals surface area contributed by atoms with Gasteiger partial charge in [0, 0.05) is 11.9 Å². The van der Waals surface area contributed by atoms with Gasteiger partial charge in [0.1, 0.15) is 17.3 Å². The minimum atomic E-state index is -1.18. The maximum atomic E-state index is 11.5. The molecule has 0 aliphatic carbocycles. The molecule has 1 aromatic rings. The number of hydrogen-bond donors (Lipinski definition) is 3. The minimum absolute atomic E-state index is 0. The van der Waals surface area contributed by atoms with Crippen molar-refractivity contribution in [2.24, 2.45) is 0 Å². The average molecular weight is 324 g/mol. The molecular formula is C9H14BrN3O3S. The van der Waals surface area contributed by atoms with Crippen molar-refractivity contribution in [1.29, 1.82) is 0 Å². The molecule has 2 rings (SSSR count). The van der Waals surface area contributed by atoms with E-state index in [1.165, 1.54) is 28.6 Å². The van der Waals surface area contributed by atoms with Gasteiger partial charge in [0.2, 0.25) is 0 Å². The van der Waals surface area contributed by atoms with Crippen LogP contribution in [0.25, 0.3) is 0 Å². The average Bonchev–Trinajstić information content (AvgIpc) is 2.44. The summed E-state index contributed by atoms with van der Waals surface area (Å²) in [4.78, 5) is 15.1. The van der Waals surface area contributed by atoms with Crippen LogP contribution in [0.15, 0.2) is 17.1 Å². The Morgan fingerprint density at radius 2 is 2.35 bits per heavy atom. The number of halogens is 1. The van der Waals surface area contributed by atoms with Crippen molar-refractivity contribution in [2.45, 2.75) is 24.0 Å². The molecule has 1 aromatic heterocycles. The Bertz CT molecular complexity index is 465. The number of aromatic nitrogens is 2. The third-order valence-corrected chi connectivity index (χ3v) is 4.16. The predicted octanol–water partition coefficient (Wildman–Crippen LogP) is -0.239. The van der Waals surface area contributed by atoms with Gasteiger partial charge >= 0.3 is 5.69 Å². The number of nitrogens with zero attached hydrogens (tertiary/aromatic N) is 2. The summed E-state index contributed by atoms with van der Waals surface area (Å²) >= 11 is 1.31. The van der Waals surface area contributed by atoms with Gasteiger partial charge in [-0.15, -0.1) is 28.7 Å². The molecule has 1 saturated heterocycles. The third kappa shape index (κ3) is 2.65. The number of aliphatic hydroxyl groups is 2. The fourth-order valence-electron chi connectivity index (χ4n) is 1.59. The second-order valence-corrected chi connectivity index (χ2v) is 5.15. The molecule has 4 N–H and O–H groups in total. The number of thioether (sulfide) groups is 1. The highest BCUT2D eigenvalue weighted by atomic mass is 79.9. The van der Waals surface area contributed by atoms with E-state index in [-0.39, 0.29) is 22.8 Å². The number of aliphatic hydroxyl groups excluding tert-OH is 1. The van der Waals surface area contributed by atoms with Gasteiger partial charge in [0.15, 0.2) is 0 Å². The Kier molecular flexibility index (Phi) is 4.23. The van der Waals surface area contributed by atoms with Gasteiger partial charge < -0.3 is 15.9 Å². The Hall–Kier alpha value is -0.570. The van der Waals surface area contributed by atoms with Crippen LogP contribution in [0, 0.1) is 0 Å². The molecule has 1 aliphatic heterocycles. The molecule has 0 amide bonds. The molecule has 3 atom stereocenters. The van der Waals surface area contributed by atoms with Crippen molar-refractivity contribution < 1.29 is 10.2 Å². The van der Waals surface area contributed by atoms with Gasteiger partial charge in [-0.25, -0.2) is 4.79 Å². The van der Waals surface area contributed by atoms with Crippen molar-refractivity contribution in [1.82, 2.24) is 9.55 Å². The van der Waals surface area contributed by atoms with E-state index in [4.69, 9.17) is 5.73 Å². The van der Waals surface area contributed by atoms with Gasteiger partial charge in [0.25, 0.3) is 0 Å². The predicted molar refractivity (Wildman–Crippen MR) is 71.4 cm³/mol. The van der Waals surface area contributed by atoms with E-state index in [0.29, 0.717) is 5.75 Å². The largest absolute Gasteiger partial charge is 0.387 e. The molecule has 6 nitrogen and oxygen atoms in total. The molecule has 96 valence electrons. The van der Waals surface area contributed by atoms with E-state index in [2.05, 4.69) is 4.98 Å². The van der Waals surface area contributed by atoms with Crippen LogP contribution in [-0.4, -0.2) is 37.2 Å². The number of nitrogens with two attached hydrogens (primary N) is 1. The van der Waals surface area contributed by atoms with E-state index in [0.717, 1.165) is 0 Å². The highest BCUT2D eigenvalue weighted by Gasteiger charge is 2.44. The molecule has 0 unspecified atom stereocenters. The minimum Gasteiger partial charge on any atom is -0.387 e. The van der Waals surface area contributed by atoms with Crippen LogP contribution in [-0.2, 0) is 0 Å². The third-order valence-electron chi connectivity index (χ3n) is 2.58. The van der Waals surface area contributed by atoms with Gasteiger partial charge in [0.05, 0.1) is 5.60 Å². The number of nitrogen functional groups attached to an aromatic ring is 1. The molecule has 0 saturated carbocycles. The molecule has 0 aromatic carbocycles. The fourth-order valence-corrected chi connectivity index (χ4v) is 3.07. The first-order valence-corrected chi connectivity index (χ1v) is 5.83. The van der Waals surface area contributed by atoms with Crippen molar-refractivity contribution in [3.05, 3.63) is 22.7 Å². The van der Waals surface area contributed by atoms with Crippen molar-refractivity contribution in [2.75, 3.05) is 11.5 Å². The molecule has 8 heteroatoms. The fraction of sp³-hybridized carbons (Fsp3) is 0.556. The van der Waals surface area contributed by atoms with Gasteiger partial charge in [-0.3, -0.25) is 4.57 Å². The normalized spacial score (nSPS) is 32.2. The monoisotopic (exact) mass is 323 g/mol.